The Balaban J connectivity index is 1.97. The molecule has 4 aromatic rings. The predicted octanol–water partition coefficient (Wildman–Crippen LogP) is 4.39. The summed E-state index contributed by atoms with van der Waals surface area (Å²) in [6, 6.07) is 7.48. The Morgan fingerprint density at radius 2 is 1.97 bits per heavy atom. The van der Waals surface area contributed by atoms with Crippen molar-refractivity contribution in [2.45, 2.75) is 25.3 Å². The van der Waals surface area contributed by atoms with Crippen LogP contribution in [0.15, 0.2) is 39.2 Å². The van der Waals surface area contributed by atoms with Gasteiger partial charge < -0.3 is 4.57 Å². The molecule has 0 saturated carbocycles. The van der Waals surface area contributed by atoms with Crippen molar-refractivity contribution in [3.05, 3.63) is 71.4 Å². The van der Waals surface area contributed by atoms with Crippen LogP contribution in [0.3, 0.4) is 0 Å². The number of rotatable bonds is 2. The van der Waals surface area contributed by atoms with Gasteiger partial charge in [-0.3, -0.25) is 13.9 Å². The molecule has 1 aromatic carbocycles. The Kier molecular flexibility index (Phi) is 4.65. The van der Waals surface area contributed by atoms with Gasteiger partial charge in [0.25, 0.3) is 5.56 Å². The second-order valence-corrected chi connectivity index (χ2v) is 9.24. The Hall–Kier alpha value is -2.35. The van der Waals surface area contributed by atoms with E-state index >= 15 is 0 Å². The molecule has 0 amide bonds. The fourth-order valence-electron chi connectivity index (χ4n) is 4.52. The Morgan fingerprint density at radius 1 is 1.17 bits per heavy atom. The minimum Gasteiger partial charge on any atom is -0.341 e. The number of benzene rings is 1. The molecule has 0 spiro atoms. The molecule has 1 atom stereocenters. The van der Waals surface area contributed by atoms with Crippen LogP contribution < -0.4 is 11.2 Å². The summed E-state index contributed by atoms with van der Waals surface area (Å²) in [6.45, 7) is 0.749. The number of aromatic nitrogens is 4. The van der Waals surface area contributed by atoms with Gasteiger partial charge in [0.2, 0.25) is 0 Å². The third-order valence-corrected chi connectivity index (χ3v) is 7.32. The van der Waals surface area contributed by atoms with Crippen LogP contribution in [0, 0.1) is 0 Å². The van der Waals surface area contributed by atoms with Crippen molar-refractivity contribution in [3.63, 3.8) is 0 Å². The smallest absolute Gasteiger partial charge is 0.331 e. The summed E-state index contributed by atoms with van der Waals surface area (Å²) < 4.78 is 4.91. The predicted molar refractivity (Wildman–Crippen MR) is 121 cm³/mol. The van der Waals surface area contributed by atoms with Gasteiger partial charge in [-0.05, 0) is 25.0 Å². The highest BCUT2D eigenvalue weighted by Gasteiger charge is 2.33. The summed E-state index contributed by atoms with van der Waals surface area (Å²) in [4.78, 5) is 30.6. The maximum Gasteiger partial charge on any atom is 0.331 e. The summed E-state index contributed by atoms with van der Waals surface area (Å²) in [6.07, 6.45) is 1.80. The van der Waals surface area contributed by atoms with E-state index in [0.29, 0.717) is 21.1 Å². The number of nitrogens with zero attached hydrogens (tertiary/aromatic N) is 4. The Morgan fingerprint density at radius 3 is 2.67 bits per heavy atom. The first-order valence-electron chi connectivity index (χ1n) is 9.57. The van der Waals surface area contributed by atoms with Crippen LogP contribution in [0.1, 0.15) is 29.5 Å². The molecule has 0 radical (unpaired) electrons. The standard InChI is InChI=1S/C21H18Cl2N4O2S/c1-25-18-15(20(28)26(2)21(25)29)16(11-5-3-6-12(22)9-11)27-8-4-7-13(17(18)27)19-24-14(23)10-30-19/h3,5-6,9-10,13H,4,7-8H2,1-2H3. The third kappa shape index (κ3) is 2.80. The van der Waals surface area contributed by atoms with Crippen LogP contribution in [0.5, 0.6) is 0 Å². The molecule has 1 aliphatic rings. The zero-order chi connectivity index (χ0) is 21.2. The van der Waals surface area contributed by atoms with Crippen molar-refractivity contribution in [2.75, 3.05) is 0 Å². The fourth-order valence-corrected chi connectivity index (χ4v) is 5.80. The third-order valence-electron chi connectivity index (χ3n) is 5.80. The van der Waals surface area contributed by atoms with Crippen LogP contribution in [0.4, 0.5) is 0 Å². The number of aryl methyl sites for hydroxylation is 1. The molecule has 0 N–H and O–H groups in total. The van der Waals surface area contributed by atoms with Gasteiger partial charge in [0.05, 0.1) is 28.2 Å². The van der Waals surface area contributed by atoms with E-state index < -0.39 is 0 Å². The van der Waals surface area contributed by atoms with E-state index in [1.165, 1.54) is 18.4 Å². The second-order valence-electron chi connectivity index (χ2n) is 7.53. The lowest BCUT2D eigenvalue weighted by molar-refractivity contribution is 0.495. The quantitative estimate of drug-likeness (QED) is 0.445. The van der Waals surface area contributed by atoms with Gasteiger partial charge in [0, 0.05) is 36.6 Å². The molecule has 6 nitrogen and oxygen atoms in total. The topological polar surface area (TPSA) is 61.8 Å². The van der Waals surface area contributed by atoms with Crippen molar-refractivity contribution in [2.24, 2.45) is 14.1 Å². The molecule has 0 bridgehead atoms. The molecular weight excluding hydrogens is 443 g/mol. The van der Waals surface area contributed by atoms with Crippen molar-refractivity contribution in [1.29, 1.82) is 0 Å². The number of fused-ring (bicyclic) bond motifs is 3. The van der Waals surface area contributed by atoms with Crippen molar-refractivity contribution in [3.8, 4) is 11.3 Å². The van der Waals surface area contributed by atoms with Crippen LogP contribution >= 0.6 is 34.5 Å². The molecule has 4 heterocycles. The van der Waals surface area contributed by atoms with Gasteiger partial charge in [-0.15, -0.1) is 11.3 Å². The lowest BCUT2D eigenvalue weighted by atomic mass is 9.96. The first-order chi connectivity index (χ1) is 14.4. The first-order valence-corrected chi connectivity index (χ1v) is 11.2. The van der Waals surface area contributed by atoms with E-state index in [9.17, 15) is 9.59 Å². The molecule has 0 saturated heterocycles. The normalized spacial score (nSPS) is 16.2. The minimum absolute atomic E-state index is 0.0376. The van der Waals surface area contributed by atoms with Gasteiger partial charge in [-0.1, -0.05) is 35.3 Å². The maximum absolute atomic E-state index is 13.3. The Labute approximate surface area is 185 Å². The van der Waals surface area contributed by atoms with Crippen LogP contribution in [0.2, 0.25) is 10.2 Å². The summed E-state index contributed by atoms with van der Waals surface area (Å²) in [5.74, 6) is -0.0376. The Bertz CT molecular complexity index is 1430. The number of halogens is 2. The molecule has 1 aliphatic heterocycles. The highest BCUT2D eigenvalue weighted by Crippen LogP contribution is 2.43. The summed E-state index contributed by atoms with van der Waals surface area (Å²) >= 11 is 13.9. The molecule has 5 rings (SSSR count). The molecule has 3 aromatic heterocycles. The number of hydrogen-bond donors (Lipinski definition) is 0. The molecule has 1 unspecified atom stereocenters. The van der Waals surface area contributed by atoms with E-state index in [4.69, 9.17) is 23.2 Å². The van der Waals surface area contributed by atoms with Gasteiger partial charge in [-0.2, -0.15) is 0 Å². The van der Waals surface area contributed by atoms with Crippen molar-refractivity contribution < 1.29 is 0 Å². The molecule has 0 aliphatic carbocycles. The highest BCUT2D eigenvalue weighted by molar-refractivity contribution is 7.10. The van der Waals surface area contributed by atoms with E-state index in [0.717, 1.165) is 45.9 Å². The lowest BCUT2D eigenvalue weighted by Gasteiger charge is -2.25. The van der Waals surface area contributed by atoms with Crippen molar-refractivity contribution in [1.82, 2.24) is 18.7 Å². The summed E-state index contributed by atoms with van der Waals surface area (Å²) in [7, 11) is 3.23. The molecular formula is C21H18Cl2N4O2S. The largest absolute Gasteiger partial charge is 0.341 e. The van der Waals surface area contributed by atoms with E-state index in [1.807, 2.05) is 29.6 Å². The first kappa shape index (κ1) is 19.6. The zero-order valence-electron chi connectivity index (χ0n) is 16.4. The minimum atomic E-state index is -0.347. The van der Waals surface area contributed by atoms with Gasteiger partial charge in [0.1, 0.15) is 10.2 Å². The zero-order valence-corrected chi connectivity index (χ0v) is 18.7. The molecule has 0 fully saturated rings. The van der Waals surface area contributed by atoms with E-state index in [2.05, 4.69) is 9.55 Å². The summed E-state index contributed by atoms with van der Waals surface area (Å²) in [5.41, 5.74) is 2.60. The number of hydrogen-bond acceptors (Lipinski definition) is 4. The maximum atomic E-state index is 13.3. The fraction of sp³-hybridized carbons (Fsp3) is 0.286. The second kappa shape index (κ2) is 7.11. The van der Waals surface area contributed by atoms with Gasteiger partial charge in [0.15, 0.2) is 0 Å². The highest BCUT2D eigenvalue weighted by atomic mass is 35.5. The van der Waals surface area contributed by atoms with Crippen LogP contribution in [0.25, 0.3) is 22.2 Å². The van der Waals surface area contributed by atoms with E-state index in [-0.39, 0.29) is 17.2 Å². The van der Waals surface area contributed by atoms with Crippen LogP contribution in [-0.2, 0) is 20.6 Å². The molecule has 30 heavy (non-hydrogen) atoms. The van der Waals surface area contributed by atoms with E-state index in [1.54, 1.807) is 11.6 Å². The lowest BCUT2D eigenvalue weighted by Crippen LogP contribution is -2.37. The average Bonchev–Trinajstić information content (AvgIpc) is 3.32. The van der Waals surface area contributed by atoms with Crippen LogP contribution in [-0.4, -0.2) is 18.7 Å². The molecule has 9 heteroatoms. The van der Waals surface area contributed by atoms with Gasteiger partial charge in [-0.25, -0.2) is 9.78 Å². The SMILES string of the molecule is Cn1c(=O)c2c(-c3cccc(Cl)c3)n3c(c2n(C)c1=O)C(c1nc(Cl)cs1)CCC3. The number of thiazole rings is 1. The molecule has 154 valence electrons. The average molecular weight is 461 g/mol. The monoisotopic (exact) mass is 460 g/mol. The van der Waals surface area contributed by atoms with Gasteiger partial charge >= 0.3 is 5.69 Å². The van der Waals surface area contributed by atoms with Crippen molar-refractivity contribution >= 4 is 45.4 Å². The summed E-state index contributed by atoms with van der Waals surface area (Å²) in [5, 5.41) is 4.30.